The fourth-order valence-electron chi connectivity index (χ4n) is 4.26. The van der Waals surface area contributed by atoms with Crippen LogP contribution in [0, 0.1) is 23.6 Å². The van der Waals surface area contributed by atoms with E-state index in [1.807, 2.05) is 27.7 Å². The zero-order valence-electron chi connectivity index (χ0n) is 23.2. The van der Waals surface area contributed by atoms with Crippen LogP contribution in [0.2, 0.25) is 0 Å². The number of carbonyl (C=O) groups excluding carboxylic acids is 3. The summed E-state index contributed by atoms with van der Waals surface area (Å²) in [4.78, 5) is 42.3. The molecule has 8 nitrogen and oxygen atoms in total. The number of aromatic nitrogens is 1. The molecule has 0 unspecified atom stereocenters. The van der Waals surface area contributed by atoms with E-state index < -0.39 is 35.8 Å². The van der Waals surface area contributed by atoms with Gasteiger partial charge in [0.05, 0.1) is 13.0 Å². The van der Waals surface area contributed by atoms with E-state index in [1.165, 1.54) is 50.6 Å². The first kappa shape index (κ1) is 30.7. The molecule has 1 heterocycles. The summed E-state index contributed by atoms with van der Waals surface area (Å²) in [6.07, 6.45) is 1.63. The number of hydrogen-bond acceptors (Lipinski definition) is 8. The van der Waals surface area contributed by atoms with Gasteiger partial charge in [0.1, 0.15) is 23.8 Å². The molecule has 2 rings (SSSR count). The lowest BCUT2D eigenvalue weighted by molar-refractivity contribution is -0.161. The first-order valence-corrected chi connectivity index (χ1v) is 12.9. The van der Waals surface area contributed by atoms with Crippen LogP contribution in [-0.4, -0.2) is 42.0 Å². The number of benzene rings is 1. The van der Waals surface area contributed by atoms with Gasteiger partial charge < -0.3 is 18.9 Å². The van der Waals surface area contributed by atoms with Gasteiger partial charge in [0.15, 0.2) is 17.2 Å². The van der Waals surface area contributed by atoms with Gasteiger partial charge in [0.25, 0.3) is 0 Å². The van der Waals surface area contributed by atoms with Crippen molar-refractivity contribution >= 4 is 17.7 Å². The summed E-state index contributed by atoms with van der Waals surface area (Å²) in [7, 11) is 1.39. The Balaban J connectivity index is 2.25. The summed E-state index contributed by atoms with van der Waals surface area (Å²) in [5, 5.41) is 0. The quantitative estimate of drug-likeness (QED) is 0.222. The summed E-state index contributed by atoms with van der Waals surface area (Å²) in [5.41, 5.74) is -0.0967. The molecule has 0 aliphatic heterocycles. The number of esters is 2. The topological polar surface area (TPSA) is 101 Å². The van der Waals surface area contributed by atoms with E-state index >= 15 is 0 Å². The van der Waals surface area contributed by atoms with Gasteiger partial charge in [-0.05, 0) is 55.9 Å². The molecule has 3 atom stereocenters. The third kappa shape index (κ3) is 8.26. The van der Waals surface area contributed by atoms with E-state index in [2.05, 4.69) is 4.98 Å². The Bertz CT molecular complexity index is 1080. The molecule has 0 spiro atoms. The molecule has 0 fully saturated rings. The second-order valence-electron chi connectivity index (χ2n) is 9.52. The predicted octanol–water partition coefficient (Wildman–Crippen LogP) is 5.82. The maximum Gasteiger partial charge on any atom is 0.310 e. The highest BCUT2D eigenvalue weighted by molar-refractivity contribution is 6.00. The molecule has 0 bridgehead atoms. The van der Waals surface area contributed by atoms with Crippen LogP contribution in [0.3, 0.4) is 0 Å². The molecule has 38 heavy (non-hydrogen) atoms. The fourth-order valence-corrected chi connectivity index (χ4v) is 4.26. The second-order valence-corrected chi connectivity index (χ2v) is 9.52. The fraction of sp³-hybridized carbons (Fsp3) is 0.517. The van der Waals surface area contributed by atoms with Crippen molar-refractivity contribution in [2.45, 2.75) is 73.0 Å². The van der Waals surface area contributed by atoms with Crippen LogP contribution in [0.1, 0.15) is 71.3 Å². The Morgan fingerprint density at radius 2 is 1.63 bits per heavy atom. The van der Waals surface area contributed by atoms with Crippen LogP contribution in [0.15, 0.2) is 36.5 Å². The molecule has 2 aromatic rings. The van der Waals surface area contributed by atoms with Crippen molar-refractivity contribution in [2.24, 2.45) is 17.8 Å². The Morgan fingerprint density at radius 3 is 2.16 bits per heavy atom. The van der Waals surface area contributed by atoms with Gasteiger partial charge in [-0.15, -0.1) is 0 Å². The van der Waals surface area contributed by atoms with Crippen molar-refractivity contribution in [1.82, 2.24) is 4.98 Å². The highest BCUT2D eigenvalue weighted by Gasteiger charge is 2.34. The van der Waals surface area contributed by atoms with Crippen molar-refractivity contribution in [3.05, 3.63) is 48.0 Å². The average molecular weight is 532 g/mol. The molecular weight excluding hydrogens is 493 g/mol. The number of rotatable bonds is 14. The largest absolute Gasteiger partial charge is 0.493 e. The number of carbonyl (C=O) groups is 3. The molecule has 1 aromatic heterocycles. The predicted molar refractivity (Wildman–Crippen MR) is 140 cm³/mol. The van der Waals surface area contributed by atoms with Crippen LogP contribution < -0.4 is 14.2 Å². The lowest BCUT2D eigenvalue weighted by atomic mass is 9.89. The minimum atomic E-state index is -0.781. The molecule has 0 radical (unpaired) electrons. The van der Waals surface area contributed by atoms with Crippen LogP contribution in [-0.2, 0) is 14.3 Å². The zero-order chi connectivity index (χ0) is 28.4. The van der Waals surface area contributed by atoms with E-state index in [1.54, 1.807) is 6.92 Å². The van der Waals surface area contributed by atoms with Crippen LogP contribution in [0.5, 0.6) is 17.2 Å². The van der Waals surface area contributed by atoms with Gasteiger partial charge in [-0.1, -0.05) is 27.7 Å². The summed E-state index contributed by atoms with van der Waals surface area (Å²) in [6, 6.07) is 7.18. The van der Waals surface area contributed by atoms with Gasteiger partial charge in [0.2, 0.25) is 5.75 Å². The van der Waals surface area contributed by atoms with E-state index in [9.17, 15) is 18.8 Å². The standard InChI is InChI=1S/C29H38FNO7/c1-8-20(9-2)27(38-22-12-10-21(30)11-13-22)18(5)36-29(34)23(17(3)4)16-24(33)26-28(37-19(6)32)25(35-7)14-15-31-26/h10-15,17-18,20,23,27H,8-9,16H2,1-7H3/t18-,23-,27-/m0/s1. The van der Waals surface area contributed by atoms with E-state index in [0.29, 0.717) is 5.75 Å². The number of pyridine rings is 1. The molecule has 0 saturated heterocycles. The first-order chi connectivity index (χ1) is 18.0. The van der Waals surface area contributed by atoms with Crippen molar-refractivity contribution < 1.29 is 37.7 Å². The van der Waals surface area contributed by atoms with Crippen LogP contribution in [0.25, 0.3) is 0 Å². The van der Waals surface area contributed by atoms with Crippen LogP contribution >= 0.6 is 0 Å². The lowest BCUT2D eigenvalue weighted by Gasteiger charge is -2.32. The van der Waals surface area contributed by atoms with Gasteiger partial charge in [0, 0.05) is 25.6 Å². The molecule has 208 valence electrons. The SMILES string of the molecule is CCC(CC)[C@@H](Oc1ccc(F)cc1)[C@H](C)OC(=O)[C@@H](CC(=O)c1nccc(OC)c1OC(C)=O)C(C)C. The van der Waals surface area contributed by atoms with Gasteiger partial charge >= 0.3 is 11.9 Å². The maximum absolute atomic E-state index is 13.4. The molecule has 0 N–H and O–H groups in total. The Morgan fingerprint density at radius 1 is 1.00 bits per heavy atom. The van der Waals surface area contributed by atoms with Gasteiger partial charge in [-0.25, -0.2) is 9.37 Å². The summed E-state index contributed by atoms with van der Waals surface area (Å²) >= 11 is 0. The smallest absolute Gasteiger partial charge is 0.310 e. The van der Waals surface area contributed by atoms with Crippen LogP contribution in [0.4, 0.5) is 4.39 Å². The monoisotopic (exact) mass is 531 g/mol. The number of methoxy groups -OCH3 is 1. The van der Waals surface area contributed by atoms with Crippen molar-refractivity contribution in [2.75, 3.05) is 7.11 Å². The highest BCUT2D eigenvalue weighted by atomic mass is 19.1. The Hall–Kier alpha value is -3.49. The van der Waals surface area contributed by atoms with E-state index in [-0.39, 0.29) is 41.3 Å². The number of nitrogens with zero attached hydrogens (tertiary/aromatic N) is 1. The molecule has 0 saturated carbocycles. The summed E-state index contributed by atoms with van der Waals surface area (Å²) < 4.78 is 35.8. The maximum atomic E-state index is 13.4. The second kappa shape index (κ2) is 14.4. The van der Waals surface area contributed by atoms with Crippen molar-refractivity contribution in [1.29, 1.82) is 0 Å². The molecular formula is C29H38FNO7. The number of Topliss-reactive ketones (excluding diaryl/α,β-unsaturated/α-hetero) is 1. The minimum Gasteiger partial charge on any atom is -0.493 e. The van der Waals surface area contributed by atoms with E-state index in [4.69, 9.17) is 18.9 Å². The summed E-state index contributed by atoms with van der Waals surface area (Å²) in [5.74, 6) is -2.39. The Kier molecular flexibility index (Phi) is 11.7. The normalized spacial score (nSPS) is 13.5. The minimum absolute atomic E-state index is 0.0780. The molecule has 0 aliphatic rings. The zero-order valence-corrected chi connectivity index (χ0v) is 23.2. The molecule has 1 aromatic carbocycles. The lowest BCUT2D eigenvalue weighted by Crippen LogP contribution is -2.41. The summed E-state index contributed by atoms with van der Waals surface area (Å²) in [6.45, 7) is 10.7. The third-order valence-electron chi connectivity index (χ3n) is 6.47. The van der Waals surface area contributed by atoms with Gasteiger partial charge in [-0.3, -0.25) is 14.4 Å². The molecule has 9 heteroatoms. The third-order valence-corrected chi connectivity index (χ3v) is 6.47. The average Bonchev–Trinajstić information content (AvgIpc) is 2.87. The van der Waals surface area contributed by atoms with Gasteiger partial charge in [-0.2, -0.15) is 0 Å². The highest BCUT2D eigenvalue weighted by Crippen LogP contribution is 2.32. The molecule has 0 aliphatic carbocycles. The number of halogens is 1. The first-order valence-electron chi connectivity index (χ1n) is 12.9. The number of ether oxygens (including phenoxy) is 4. The molecule has 0 amide bonds. The Labute approximate surface area is 223 Å². The number of ketones is 1. The van der Waals surface area contributed by atoms with Crippen molar-refractivity contribution in [3.8, 4) is 17.2 Å². The van der Waals surface area contributed by atoms with Crippen molar-refractivity contribution in [3.63, 3.8) is 0 Å². The number of hydrogen-bond donors (Lipinski definition) is 0. The van der Waals surface area contributed by atoms with E-state index in [0.717, 1.165) is 12.8 Å².